The van der Waals surface area contributed by atoms with Gasteiger partial charge in [-0.3, -0.25) is 0 Å². The standard InChI is InChI=1S/C12H28N2O2S/c1-6-14(17(5,15)16)9-7-8-13-12(4)10-11(2)3/h11-13H,6-10H2,1-5H3. The van der Waals surface area contributed by atoms with Crippen molar-refractivity contribution in [2.75, 3.05) is 25.9 Å². The first-order valence-corrected chi connectivity index (χ1v) is 8.30. The average Bonchev–Trinajstić information content (AvgIpc) is 2.14. The number of hydrogen-bond donors (Lipinski definition) is 1. The van der Waals surface area contributed by atoms with E-state index in [1.165, 1.54) is 10.6 Å². The summed E-state index contributed by atoms with van der Waals surface area (Å²) in [6.07, 6.45) is 3.29. The second-order valence-corrected chi connectivity index (χ2v) is 7.08. The van der Waals surface area contributed by atoms with Crippen molar-refractivity contribution in [2.45, 2.75) is 46.6 Å². The summed E-state index contributed by atoms with van der Waals surface area (Å²) in [5.41, 5.74) is 0. The molecule has 0 heterocycles. The van der Waals surface area contributed by atoms with Crippen molar-refractivity contribution < 1.29 is 8.42 Å². The van der Waals surface area contributed by atoms with Crippen LogP contribution < -0.4 is 5.32 Å². The zero-order valence-corrected chi connectivity index (χ0v) is 12.7. The minimum atomic E-state index is -3.03. The van der Waals surface area contributed by atoms with E-state index < -0.39 is 10.0 Å². The molecule has 1 atom stereocenters. The van der Waals surface area contributed by atoms with Crippen LogP contribution in [0.4, 0.5) is 0 Å². The Morgan fingerprint density at radius 1 is 1.24 bits per heavy atom. The van der Waals surface area contributed by atoms with E-state index in [0.29, 0.717) is 25.0 Å². The smallest absolute Gasteiger partial charge is 0.211 e. The van der Waals surface area contributed by atoms with Gasteiger partial charge in [0.1, 0.15) is 0 Å². The van der Waals surface area contributed by atoms with Gasteiger partial charge >= 0.3 is 0 Å². The van der Waals surface area contributed by atoms with Crippen LogP contribution in [0.15, 0.2) is 0 Å². The lowest BCUT2D eigenvalue weighted by Crippen LogP contribution is -2.34. The summed E-state index contributed by atoms with van der Waals surface area (Å²) in [6, 6.07) is 0.503. The van der Waals surface area contributed by atoms with Gasteiger partial charge in [-0.15, -0.1) is 0 Å². The van der Waals surface area contributed by atoms with Crippen molar-refractivity contribution >= 4 is 10.0 Å². The fourth-order valence-corrected chi connectivity index (χ4v) is 2.88. The molecule has 0 spiro atoms. The van der Waals surface area contributed by atoms with Crippen molar-refractivity contribution in [3.8, 4) is 0 Å². The molecule has 0 aliphatic carbocycles. The predicted octanol–water partition coefficient (Wildman–Crippen LogP) is 1.68. The van der Waals surface area contributed by atoms with E-state index in [1.807, 2.05) is 6.92 Å². The topological polar surface area (TPSA) is 49.4 Å². The fourth-order valence-electron chi connectivity index (χ4n) is 1.95. The van der Waals surface area contributed by atoms with Gasteiger partial charge < -0.3 is 5.32 Å². The molecule has 0 aromatic carbocycles. The van der Waals surface area contributed by atoms with E-state index in [0.717, 1.165) is 19.4 Å². The van der Waals surface area contributed by atoms with Crippen LogP contribution in [0.5, 0.6) is 0 Å². The van der Waals surface area contributed by atoms with E-state index in [9.17, 15) is 8.42 Å². The molecule has 1 N–H and O–H groups in total. The van der Waals surface area contributed by atoms with Gasteiger partial charge in [-0.25, -0.2) is 12.7 Å². The van der Waals surface area contributed by atoms with Crippen LogP contribution >= 0.6 is 0 Å². The lowest BCUT2D eigenvalue weighted by molar-refractivity contribution is 0.398. The maximum atomic E-state index is 11.3. The van der Waals surface area contributed by atoms with Crippen molar-refractivity contribution in [1.29, 1.82) is 0 Å². The van der Waals surface area contributed by atoms with Crippen molar-refractivity contribution in [1.82, 2.24) is 9.62 Å². The fraction of sp³-hybridized carbons (Fsp3) is 1.00. The van der Waals surface area contributed by atoms with E-state index in [1.54, 1.807) is 0 Å². The van der Waals surface area contributed by atoms with E-state index >= 15 is 0 Å². The quantitative estimate of drug-likeness (QED) is 0.645. The summed E-state index contributed by atoms with van der Waals surface area (Å²) >= 11 is 0. The third-order valence-corrected chi connectivity index (χ3v) is 4.10. The maximum absolute atomic E-state index is 11.3. The van der Waals surface area contributed by atoms with Gasteiger partial charge in [0.05, 0.1) is 6.26 Å². The highest BCUT2D eigenvalue weighted by Gasteiger charge is 2.13. The molecule has 0 saturated carbocycles. The zero-order valence-electron chi connectivity index (χ0n) is 11.9. The third kappa shape index (κ3) is 8.57. The van der Waals surface area contributed by atoms with Crippen molar-refractivity contribution in [3.05, 3.63) is 0 Å². The number of hydrogen-bond acceptors (Lipinski definition) is 3. The Hall–Kier alpha value is -0.130. The number of rotatable bonds is 9. The van der Waals surface area contributed by atoms with Gasteiger partial charge in [-0.1, -0.05) is 20.8 Å². The highest BCUT2D eigenvalue weighted by atomic mass is 32.2. The normalized spacial score (nSPS) is 14.5. The van der Waals surface area contributed by atoms with Gasteiger partial charge in [-0.2, -0.15) is 0 Å². The lowest BCUT2D eigenvalue weighted by Gasteiger charge is -2.19. The second-order valence-electron chi connectivity index (χ2n) is 5.09. The molecule has 104 valence electrons. The van der Waals surface area contributed by atoms with Gasteiger partial charge in [0.2, 0.25) is 10.0 Å². The number of nitrogens with zero attached hydrogens (tertiary/aromatic N) is 1. The number of sulfonamides is 1. The highest BCUT2D eigenvalue weighted by Crippen LogP contribution is 2.04. The molecule has 0 aromatic heterocycles. The molecular weight excluding hydrogens is 236 g/mol. The molecule has 0 bridgehead atoms. The van der Waals surface area contributed by atoms with Gasteiger partial charge in [-0.05, 0) is 32.2 Å². The van der Waals surface area contributed by atoms with Crippen LogP contribution in [0.2, 0.25) is 0 Å². The minimum Gasteiger partial charge on any atom is -0.314 e. The summed E-state index contributed by atoms with van der Waals surface area (Å²) in [5.74, 6) is 0.695. The Balaban J connectivity index is 3.77. The molecule has 4 nitrogen and oxygen atoms in total. The van der Waals surface area contributed by atoms with Gasteiger partial charge in [0.25, 0.3) is 0 Å². The van der Waals surface area contributed by atoms with Crippen LogP contribution in [0.3, 0.4) is 0 Å². The first-order valence-electron chi connectivity index (χ1n) is 6.45. The first-order chi connectivity index (χ1) is 7.77. The van der Waals surface area contributed by atoms with Crippen molar-refractivity contribution in [3.63, 3.8) is 0 Å². The highest BCUT2D eigenvalue weighted by molar-refractivity contribution is 7.88. The molecule has 17 heavy (non-hydrogen) atoms. The first kappa shape index (κ1) is 16.9. The Morgan fingerprint density at radius 2 is 1.82 bits per heavy atom. The zero-order chi connectivity index (χ0) is 13.5. The monoisotopic (exact) mass is 264 g/mol. The Bertz CT molecular complexity index is 289. The van der Waals surface area contributed by atoms with Crippen LogP contribution in [0.1, 0.15) is 40.5 Å². The predicted molar refractivity (Wildman–Crippen MR) is 73.6 cm³/mol. The van der Waals surface area contributed by atoms with Gasteiger partial charge in [0, 0.05) is 19.1 Å². The van der Waals surface area contributed by atoms with Crippen LogP contribution in [0.25, 0.3) is 0 Å². The summed E-state index contributed by atoms with van der Waals surface area (Å²) in [5, 5.41) is 3.42. The lowest BCUT2D eigenvalue weighted by atomic mass is 10.1. The molecule has 1 unspecified atom stereocenters. The molecule has 0 saturated heterocycles. The molecule has 0 aliphatic heterocycles. The molecule has 0 fully saturated rings. The minimum absolute atomic E-state index is 0.503. The van der Waals surface area contributed by atoms with Crippen LogP contribution in [0, 0.1) is 5.92 Å². The molecule has 5 heteroatoms. The van der Waals surface area contributed by atoms with E-state index in [4.69, 9.17) is 0 Å². The molecule has 0 amide bonds. The van der Waals surface area contributed by atoms with Gasteiger partial charge in [0.15, 0.2) is 0 Å². The SMILES string of the molecule is CCN(CCCNC(C)CC(C)C)S(C)(=O)=O. The Kier molecular flexibility index (Phi) is 8.00. The third-order valence-electron chi connectivity index (χ3n) is 2.72. The summed E-state index contributed by atoms with van der Waals surface area (Å²) in [4.78, 5) is 0. The largest absolute Gasteiger partial charge is 0.314 e. The molecule has 0 aliphatic rings. The molecule has 0 aromatic rings. The second kappa shape index (κ2) is 8.06. The van der Waals surface area contributed by atoms with Crippen molar-refractivity contribution in [2.24, 2.45) is 5.92 Å². The van der Waals surface area contributed by atoms with E-state index in [-0.39, 0.29) is 0 Å². The average molecular weight is 264 g/mol. The molecule has 0 radical (unpaired) electrons. The Morgan fingerprint density at radius 3 is 2.24 bits per heavy atom. The van der Waals surface area contributed by atoms with E-state index in [2.05, 4.69) is 26.1 Å². The molecular formula is C12H28N2O2S. The number of nitrogens with one attached hydrogen (secondary N) is 1. The Labute approximate surface area is 107 Å². The van der Waals surface area contributed by atoms with Crippen LogP contribution in [-0.2, 0) is 10.0 Å². The molecule has 0 rings (SSSR count). The van der Waals surface area contributed by atoms with Crippen LogP contribution in [-0.4, -0.2) is 44.7 Å². The maximum Gasteiger partial charge on any atom is 0.211 e. The summed E-state index contributed by atoms with van der Waals surface area (Å²) in [7, 11) is -3.03. The summed E-state index contributed by atoms with van der Waals surface area (Å²) < 4.78 is 24.2. The summed E-state index contributed by atoms with van der Waals surface area (Å²) in [6.45, 7) is 10.5.